The molecule has 0 aromatic heterocycles. The number of amides is 2. The highest BCUT2D eigenvalue weighted by Gasteiger charge is 2.36. The second-order valence-electron chi connectivity index (χ2n) is 11.6. The van der Waals surface area contributed by atoms with Gasteiger partial charge in [0, 0.05) is 30.6 Å². The fourth-order valence-corrected chi connectivity index (χ4v) is 4.46. The molecule has 2 aliphatic rings. The molecule has 2 fully saturated rings. The molecule has 1 saturated heterocycles. The summed E-state index contributed by atoms with van der Waals surface area (Å²) in [5.74, 6) is 0.797. The van der Waals surface area contributed by atoms with Gasteiger partial charge in [-0.15, -0.1) is 0 Å². The van der Waals surface area contributed by atoms with Crippen LogP contribution in [0.5, 0.6) is 0 Å². The van der Waals surface area contributed by atoms with Crippen LogP contribution in [0.2, 0.25) is 0 Å². The van der Waals surface area contributed by atoms with E-state index in [4.69, 9.17) is 4.74 Å². The standard InChI is InChI=1S/C23H43N3O3/c1-21(2,3)29-20(28)25-14-17-12-18(15-24-17)26-19(27)23(6,7)13-16-8-10-22(4,5)11-9-16/h16-18,24H,8-15H2,1-7H3,(H,25,28)(H,26,27)/t17-,18-/m0/s1. The Kier molecular flexibility index (Phi) is 7.63. The molecule has 2 amide bonds. The van der Waals surface area contributed by atoms with E-state index in [1.165, 1.54) is 25.7 Å². The minimum Gasteiger partial charge on any atom is -0.444 e. The molecular formula is C23H43N3O3. The van der Waals surface area contributed by atoms with Crippen LogP contribution < -0.4 is 16.0 Å². The maximum absolute atomic E-state index is 12.9. The molecule has 1 saturated carbocycles. The first-order chi connectivity index (χ1) is 13.3. The Morgan fingerprint density at radius 1 is 1.10 bits per heavy atom. The van der Waals surface area contributed by atoms with Gasteiger partial charge in [0.15, 0.2) is 0 Å². The van der Waals surface area contributed by atoms with Gasteiger partial charge in [-0.05, 0) is 70.6 Å². The van der Waals surface area contributed by atoms with Gasteiger partial charge in [0.2, 0.25) is 5.91 Å². The van der Waals surface area contributed by atoms with Crippen LogP contribution in [0.15, 0.2) is 0 Å². The van der Waals surface area contributed by atoms with Crippen molar-refractivity contribution < 1.29 is 14.3 Å². The molecule has 29 heavy (non-hydrogen) atoms. The Morgan fingerprint density at radius 3 is 2.31 bits per heavy atom. The van der Waals surface area contributed by atoms with Crippen LogP contribution >= 0.6 is 0 Å². The van der Waals surface area contributed by atoms with Crippen molar-refractivity contribution >= 4 is 12.0 Å². The SMILES string of the molecule is CC1(C)CCC(CC(C)(C)C(=O)N[C@@H]2CN[C@H](CNC(=O)OC(C)(C)C)C2)CC1. The molecule has 0 bridgehead atoms. The van der Waals surface area contributed by atoms with Gasteiger partial charge >= 0.3 is 6.09 Å². The molecule has 2 rings (SSSR count). The van der Waals surface area contributed by atoms with Gasteiger partial charge < -0.3 is 20.7 Å². The summed E-state index contributed by atoms with van der Waals surface area (Å²) >= 11 is 0. The van der Waals surface area contributed by atoms with Gasteiger partial charge in [-0.3, -0.25) is 4.79 Å². The number of alkyl carbamates (subject to hydrolysis) is 1. The van der Waals surface area contributed by atoms with Gasteiger partial charge in [0.05, 0.1) is 0 Å². The molecule has 1 heterocycles. The van der Waals surface area contributed by atoms with Gasteiger partial charge in [0.25, 0.3) is 0 Å². The first kappa shape index (κ1) is 24.0. The van der Waals surface area contributed by atoms with Crippen LogP contribution in [0.25, 0.3) is 0 Å². The van der Waals surface area contributed by atoms with E-state index in [9.17, 15) is 9.59 Å². The summed E-state index contributed by atoms with van der Waals surface area (Å²) in [5.41, 5.74) is -0.386. The highest BCUT2D eigenvalue weighted by Crippen LogP contribution is 2.42. The third kappa shape index (κ3) is 8.15. The zero-order chi connectivity index (χ0) is 21.9. The molecule has 0 radical (unpaired) electrons. The summed E-state index contributed by atoms with van der Waals surface area (Å²) in [6.07, 6.45) is 6.35. The van der Waals surface area contributed by atoms with E-state index < -0.39 is 11.7 Å². The van der Waals surface area contributed by atoms with Crippen LogP contribution in [0.4, 0.5) is 4.79 Å². The Bertz CT molecular complexity index is 570. The molecule has 6 heteroatoms. The minimum atomic E-state index is -0.497. The number of nitrogens with one attached hydrogen (secondary N) is 3. The maximum Gasteiger partial charge on any atom is 0.407 e. The fourth-order valence-electron chi connectivity index (χ4n) is 4.46. The second-order valence-corrected chi connectivity index (χ2v) is 11.6. The van der Waals surface area contributed by atoms with Gasteiger partial charge in [-0.2, -0.15) is 0 Å². The Balaban J connectivity index is 1.72. The van der Waals surface area contributed by atoms with Crippen molar-refractivity contribution in [2.24, 2.45) is 16.7 Å². The molecule has 168 valence electrons. The van der Waals surface area contributed by atoms with E-state index in [-0.39, 0.29) is 23.4 Å². The van der Waals surface area contributed by atoms with Crippen molar-refractivity contribution in [2.45, 2.75) is 105 Å². The summed E-state index contributed by atoms with van der Waals surface area (Å²) in [4.78, 5) is 24.7. The average molecular weight is 410 g/mol. The summed E-state index contributed by atoms with van der Waals surface area (Å²) in [7, 11) is 0. The number of hydrogen-bond donors (Lipinski definition) is 3. The molecule has 6 nitrogen and oxygen atoms in total. The van der Waals surface area contributed by atoms with E-state index in [1.807, 2.05) is 20.8 Å². The highest BCUT2D eigenvalue weighted by atomic mass is 16.6. The third-order valence-electron chi connectivity index (χ3n) is 6.32. The quantitative estimate of drug-likeness (QED) is 0.620. The van der Waals surface area contributed by atoms with Crippen LogP contribution in [0.3, 0.4) is 0 Å². The largest absolute Gasteiger partial charge is 0.444 e. The Labute approximate surface area is 177 Å². The molecule has 0 aromatic carbocycles. The lowest BCUT2D eigenvalue weighted by molar-refractivity contribution is -0.131. The van der Waals surface area contributed by atoms with Crippen LogP contribution in [0.1, 0.15) is 87.0 Å². The van der Waals surface area contributed by atoms with E-state index in [0.717, 1.165) is 19.4 Å². The number of carbonyl (C=O) groups is 2. The number of ether oxygens (including phenoxy) is 1. The second kappa shape index (κ2) is 9.23. The molecule has 0 aromatic rings. The number of rotatable bonds is 6. The molecule has 1 aliphatic carbocycles. The first-order valence-electron chi connectivity index (χ1n) is 11.3. The van der Waals surface area contributed by atoms with Crippen molar-refractivity contribution in [2.75, 3.05) is 13.1 Å². The predicted molar refractivity (Wildman–Crippen MR) is 117 cm³/mol. The van der Waals surface area contributed by atoms with E-state index >= 15 is 0 Å². The molecule has 2 atom stereocenters. The van der Waals surface area contributed by atoms with Crippen molar-refractivity contribution in [3.63, 3.8) is 0 Å². The monoisotopic (exact) mass is 409 g/mol. The van der Waals surface area contributed by atoms with Crippen LogP contribution in [-0.4, -0.2) is 42.8 Å². The van der Waals surface area contributed by atoms with Crippen molar-refractivity contribution in [3.05, 3.63) is 0 Å². The van der Waals surface area contributed by atoms with E-state index in [0.29, 0.717) is 17.9 Å². The minimum absolute atomic E-state index is 0.109. The lowest BCUT2D eigenvalue weighted by atomic mass is 9.69. The Morgan fingerprint density at radius 2 is 1.72 bits per heavy atom. The van der Waals surface area contributed by atoms with Gasteiger partial charge in [-0.25, -0.2) is 4.79 Å². The highest BCUT2D eigenvalue weighted by molar-refractivity contribution is 5.82. The molecule has 3 N–H and O–H groups in total. The molecule has 1 aliphatic heterocycles. The first-order valence-corrected chi connectivity index (χ1v) is 11.3. The number of hydrogen-bond acceptors (Lipinski definition) is 4. The molecular weight excluding hydrogens is 366 g/mol. The topological polar surface area (TPSA) is 79.5 Å². The Hall–Kier alpha value is -1.30. The third-order valence-corrected chi connectivity index (χ3v) is 6.32. The lowest BCUT2D eigenvalue weighted by Gasteiger charge is -2.37. The van der Waals surface area contributed by atoms with Crippen molar-refractivity contribution in [3.8, 4) is 0 Å². The predicted octanol–water partition coefficient (Wildman–Crippen LogP) is 3.99. The maximum atomic E-state index is 12.9. The smallest absolute Gasteiger partial charge is 0.407 e. The summed E-state index contributed by atoms with van der Waals surface area (Å²) < 4.78 is 5.27. The van der Waals surface area contributed by atoms with Crippen molar-refractivity contribution in [1.82, 2.24) is 16.0 Å². The lowest BCUT2D eigenvalue weighted by Crippen LogP contribution is -2.44. The van der Waals surface area contributed by atoms with Gasteiger partial charge in [0.1, 0.15) is 5.60 Å². The average Bonchev–Trinajstić information content (AvgIpc) is 3.01. The van der Waals surface area contributed by atoms with E-state index in [1.54, 1.807) is 0 Å². The van der Waals surface area contributed by atoms with E-state index in [2.05, 4.69) is 43.6 Å². The van der Waals surface area contributed by atoms with Crippen LogP contribution in [-0.2, 0) is 9.53 Å². The normalized spacial score (nSPS) is 25.5. The number of carbonyl (C=O) groups excluding carboxylic acids is 2. The zero-order valence-corrected chi connectivity index (χ0v) is 19.6. The van der Waals surface area contributed by atoms with Crippen molar-refractivity contribution in [1.29, 1.82) is 0 Å². The zero-order valence-electron chi connectivity index (χ0n) is 19.6. The molecule has 0 unspecified atom stereocenters. The van der Waals surface area contributed by atoms with Crippen LogP contribution in [0, 0.1) is 16.7 Å². The van der Waals surface area contributed by atoms with Gasteiger partial charge in [-0.1, -0.05) is 27.7 Å². The summed E-state index contributed by atoms with van der Waals surface area (Å²) in [6.45, 7) is 15.6. The summed E-state index contributed by atoms with van der Waals surface area (Å²) in [6, 6.07) is 0.258. The summed E-state index contributed by atoms with van der Waals surface area (Å²) in [5, 5.41) is 9.43. The molecule has 0 spiro atoms. The fraction of sp³-hybridized carbons (Fsp3) is 0.913.